The predicted molar refractivity (Wildman–Crippen MR) is 122 cm³/mol. The lowest BCUT2D eigenvalue weighted by Crippen LogP contribution is -2.20. The van der Waals surface area contributed by atoms with Crippen LogP contribution in [0.5, 0.6) is 0 Å². The molecule has 0 amide bonds. The van der Waals surface area contributed by atoms with Gasteiger partial charge in [-0.15, -0.1) is 0 Å². The molecule has 0 saturated heterocycles. The first-order chi connectivity index (χ1) is 14.8. The minimum absolute atomic E-state index is 0.0266. The van der Waals surface area contributed by atoms with Gasteiger partial charge in [-0.1, -0.05) is 65.8 Å². The van der Waals surface area contributed by atoms with Gasteiger partial charge < -0.3 is 23.7 Å². The van der Waals surface area contributed by atoms with Crippen LogP contribution in [0.3, 0.4) is 0 Å². The first-order valence-corrected chi connectivity index (χ1v) is 11.9. The number of benzene rings is 1. The molecule has 1 aromatic carbocycles. The van der Waals surface area contributed by atoms with Crippen LogP contribution < -0.4 is 0 Å². The maximum atomic E-state index is 11.8. The zero-order chi connectivity index (χ0) is 21.7. The number of carbonyl (C=O) groups is 2. The lowest BCUT2D eigenvalue weighted by molar-refractivity contribution is -0.139. The molecule has 0 bridgehead atoms. The number of unbranched alkanes of at least 4 members (excludes halogenated alkanes) is 3. The van der Waals surface area contributed by atoms with Gasteiger partial charge in [0.25, 0.3) is 5.78 Å². The molecular formula is C22H33IO7. The summed E-state index contributed by atoms with van der Waals surface area (Å²) in [5.41, 5.74) is 0.313. The summed E-state index contributed by atoms with van der Waals surface area (Å²) in [5.74, 6) is -1.53. The van der Waals surface area contributed by atoms with Crippen LogP contribution in [-0.4, -0.2) is 75.6 Å². The smallest absolute Gasteiger partial charge is 0.379 e. The number of hydrogen-bond acceptors (Lipinski definition) is 7. The highest BCUT2D eigenvalue weighted by Crippen LogP contribution is 2.02. The van der Waals surface area contributed by atoms with Crippen molar-refractivity contribution in [2.75, 3.05) is 63.9 Å². The molecule has 170 valence electrons. The van der Waals surface area contributed by atoms with E-state index >= 15 is 0 Å². The molecule has 0 aliphatic heterocycles. The van der Waals surface area contributed by atoms with Crippen LogP contribution in [0, 0.1) is 0 Å². The van der Waals surface area contributed by atoms with E-state index in [4.69, 9.17) is 23.7 Å². The Labute approximate surface area is 192 Å². The van der Waals surface area contributed by atoms with E-state index in [2.05, 4.69) is 22.6 Å². The van der Waals surface area contributed by atoms with E-state index in [0.717, 1.165) is 13.0 Å². The second-order valence-electron chi connectivity index (χ2n) is 6.38. The number of alkyl halides is 1. The van der Waals surface area contributed by atoms with Crippen LogP contribution in [-0.2, 0) is 28.5 Å². The predicted octanol–water partition coefficient (Wildman–Crippen LogP) is 3.47. The Balaban J connectivity index is 1.79. The molecule has 0 atom stereocenters. The Morgan fingerprint density at radius 3 is 1.70 bits per heavy atom. The fourth-order valence-electron chi connectivity index (χ4n) is 2.38. The van der Waals surface area contributed by atoms with Gasteiger partial charge in [-0.05, 0) is 17.3 Å². The Bertz CT molecular complexity index is 554. The number of esters is 1. The zero-order valence-corrected chi connectivity index (χ0v) is 19.7. The Morgan fingerprint density at radius 2 is 1.13 bits per heavy atom. The van der Waals surface area contributed by atoms with E-state index in [-0.39, 0.29) is 13.2 Å². The van der Waals surface area contributed by atoms with Crippen LogP contribution >= 0.6 is 22.6 Å². The Morgan fingerprint density at radius 1 is 0.633 bits per heavy atom. The van der Waals surface area contributed by atoms with E-state index in [1.54, 1.807) is 30.3 Å². The minimum Gasteiger partial charge on any atom is -0.457 e. The van der Waals surface area contributed by atoms with Crippen LogP contribution in [0.2, 0.25) is 0 Å². The molecule has 30 heavy (non-hydrogen) atoms. The molecule has 0 aliphatic carbocycles. The highest BCUT2D eigenvalue weighted by atomic mass is 127. The summed E-state index contributed by atoms with van der Waals surface area (Å²) in [6.07, 6.45) is 4.91. The monoisotopic (exact) mass is 536 g/mol. The minimum atomic E-state index is -0.877. The van der Waals surface area contributed by atoms with Crippen LogP contribution in [0.25, 0.3) is 0 Å². The summed E-state index contributed by atoms with van der Waals surface area (Å²) >= 11 is 2.40. The van der Waals surface area contributed by atoms with Crippen molar-refractivity contribution >= 4 is 34.3 Å². The lowest BCUT2D eigenvalue weighted by atomic mass is 10.1. The maximum absolute atomic E-state index is 11.8. The SMILES string of the molecule is O=C(OCCOCCOCCOCCOCCCCCCI)C(=O)c1ccccc1. The van der Waals surface area contributed by atoms with E-state index in [1.165, 1.54) is 23.7 Å². The zero-order valence-electron chi connectivity index (χ0n) is 17.5. The summed E-state index contributed by atoms with van der Waals surface area (Å²) in [6.45, 7) is 4.02. The number of halogens is 1. The van der Waals surface area contributed by atoms with Crippen molar-refractivity contribution in [2.45, 2.75) is 25.7 Å². The third-order valence-corrected chi connectivity index (χ3v) is 4.73. The molecule has 0 fully saturated rings. The molecule has 0 heterocycles. The molecule has 8 heteroatoms. The molecule has 0 aliphatic rings. The van der Waals surface area contributed by atoms with Crippen molar-refractivity contribution in [2.24, 2.45) is 0 Å². The standard InChI is InChI=1S/C22H33IO7/c23-10-6-1-2-7-11-26-12-13-27-14-15-28-16-17-29-18-19-30-22(25)21(24)20-8-4-3-5-9-20/h3-5,8-9H,1-2,6-7,10-19H2. The summed E-state index contributed by atoms with van der Waals surface area (Å²) in [4.78, 5) is 23.4. The molecule has 0 spiro atoms. The van der Waals surface area contributed by atoms with Crippen LogP contribution in [0.1, 0.15) is 36.0 Å². The molecule has 0 saturated carbocycles. The third kappa shape index (κ3) is 14.8. The second kappa shape index (κ2) is 19.9. The average Bonchev–Trinajstić information content (AvgIpc) is 2.78. The van der Waals surface area contributed by atoms with Crippen molar-refractivity contribution in [3.63, 3.8) is 0 Å². The number of ketones is 1. The molecule has 0 unspecified atom stereocenters. The fourth-order valence-corrected chi connectivity index (χ4v) is 2.92. The molecular weight excluding hydrogens is 503 g/mol. The van der Waals surface area contributed by atoms with Gasteiger partial charge in [-0.3, -0.25) is 4.79 Å². The van der Waals surface area contributed by atoms with Gasteiger partial charge in [0.1, 0.15) is 6.61 Å². The summed E-state index contributed by atoms with van der Waals surface area (Å²) in [6, 6.07) is 8.31. The molecule has 7 nitrogen and oxygen atoms in total. The van der Waals surface area contributed by atoms with Gasteiger partial charge in [-0.2, -0.15) is 0 Å². The summed E-state index contributed by atoms with van der Waals surface area (Å²) < 4.78 is 27.8. The van der Waals surface area contributed by atoms with Crippen molar-refractivity contribution in [3.05, 3.63) is 35.9 Å². The fraction of sp³-hybridized carbons (Fsp3) is 0.636. The number of carbonyl (C=O) groups excluding carboxylic acids is 2. The maximum Gasteiger partial charge on any atom is 0.379 e. The highest BCUT2D eigenvalue weighted by molar-refractivity contribution is 14.1. The lowest BCUT2D eigenvalue weighted by Gasteiger charge is -2.08. The van der Waals surface area contributed by atoms with Gasteiger partial charge >= 0.3 is 5.97 Å². The van der Waals surface area contributed by atoms with E-state index in [1.807, 2.05) is 0 Å². The summed E-state index contributed by atoms with van der Waals surface area (Å²) in [7, 11) is 0. The highest BCUT2D eigenvalue weighted by Gasteiger charge is 2.16. The van der Waals surface area contributed by atoms with Crippen molar-refractivity contribution in [1.29, 1.82) is 0 Å². The summed E-state index contributed by atoms with van der Waals surface area (Å²) in [5, 5.41) is 0. The molecule has 0 aromatic heterocycles. The van der Waals surface area contributed by atoms with Gasteiger partial charge in [0.05, 0.1) is 46.2 Å². The first-order valence-electron chi connectivity index (χ1n) is 10.4. The molecule has 1 aromatic rings. The van der Waals surface area contributed by atoms with E-state index < -0.39 is 11.8 Å². The molecule has 0 radical (unpaired) electrons. The Kier molecular flexibility index (Phi) is 17.9. The van der Waals surface area contributed by atoms with E-state index in [9.17, 15) is 9.59 Å². The number of hydrogen-bond donors (Lipinski definition) is 0. The van der Waals surface area contributed by atoms with Crippen molar-refractivity contribution in [1.82, 2.24) is 0 Å². The first kappa shape index (κ1) is 27.0. The Hall–Kier alpha value is -1.07. The van der Waals surface area contributed by atoms with Crippen molar-refractivity contribution < 1.29 is 33.3 Å². The number of rotatable bonds is 20. The van der Waals surface area contributed by atoms with Gasteiger partial charge in [0, 0.05) is 12.2 Å². The van der Waals surface area contributed by atoms with Gasteiger partial charge in [0.15, 0.2) is 0 Å². The van der Waals surface area contributed by atoms with Crippen molar-refractivity contribution in [3.8, 4) is 0 Å². The average molecular weight is 536 g/mol. The number of ether oxygens (including phenoxy) is 5. The second-order valence-corrected chi connectivity index (χ2v) is 7.46. The third-order valence-electron chi connectivity index (χ3n) is 3.97. The molecule has 0 N–H and O–H groups in total. The van der Waals surface area contributed by atoms with Gasteiger partial charge in [0.2, 0.25) is 0 Å². The topological polar surface area (TPSA) is 80.3 Å². The molecule has 1 rings (SSSR count). The quantitative estimate of drug-likeness (QED) is 0.0631. The van der Waals surface area contributed by atoms with Crippen LogP contribution in [0.4, 0.5) is 0 Å². The number of Topliss-reactive ketones (excluding diaryl/α,β-unsaturated/α-hetero) is 1. The van der Waals surface area contributed by atoms with E-state index in [0.29, 0.717) is 45.2 Å². The normalized spacial score (nSPS) is 10.8. The largest absolute Gasteiger partial charge is 0.457 e. The van der Waals surface area contributed by atoms with Crippen LogP contribution in [0.15, 0.2) is 30.3 Å². The van der Waals surface area contributed by atoms with Gasteiger partial charge in [-0.25, -0.2) is 4.79 Å².